The van der Waals surface area contributed by atoms with E-state index in [1.807, 2.05) is 31.2 Å². The normalized spacial score (nSPS) is 11.1. The molecule has 0 atom stereocenters. The van der Waals surface area contributed by atoms with E-state index in [0.717, 1.165) is 29.0 Å². The fourth-order valence-electron chi connectivity index (χ4n) is 3.03. The van der Waals surface area contributed by atoms with Crippen LogP contribution in [-0.4, -0.2) is 27.5 Å². The van der Waals surface area contributed by atoms with Gasteiger partial charge in [-0.3, -0.25) is 14.2 Å². The lowest BCUT2D eigenvalue weighted by atomic mass is 10.1. The Morgan fingerprint density at radius 1 is 1.28 bits per heavy atom. The third-order valence-corrected chi connectivity index (χ3v) is 5.61. The Labute approximate surface area is 172 Å². The summed E-state index contributed by atoms with van der Waals surface area (Å²) in [4.78, 5) is 42.8. The molecule has 0 bridgehead atoms. The number of carbonyl (C=O) groups is 2. The quantitative estimate of drug-likeness (QED) is 0.625. The Kier molecular flexibility index (Phi) is 6.12. The maximum absolute atomic E-state index is 12.9. The Bertz CT molecular complexity index is 1130. The summed E-state index contributed by atoms with van der Waals surface area (Å²) in [6, 6.07) is 7.54. The van der Waals surface area contributed by atoms with Crippen LogP contribution in [0, 0.1) is 6.92 Å². The zero-order chi connectivity index (χ0) is 21.1. The van der Waals surface area contributed by atoms with Crippen LogP contribution >= 0.6 is 11.3 Å². The lowest BCUT2D eigenvalue weighted by Gasteiger charge is -2.10. The summed E-state index contributed by atoms with van der Waals surface area (Å²) in [6.07, 6.45) is 1.86. The van der Waals surface area contributed by atoms with E-state index in [0.29, 0.717) is 20.7 Å². The smallest absolute Gasteiger partial charge is 0.348 e. The molecule has 0 aliphatic heterocycles. The molecule has 7 nitrogen and oxygen atoms in total. The van der Waals surface area contributed by atoms with Crippen LogP contribution in [0.4, 0.5) is 5.69 Å². The van der Waals surface area contributed by atoms with Crippen molar-refractivity contribution in [3.63, 3.8) is 0 Å². The molecular weight excluding hydrogens is 390 g/mol. The first-order valence-corrected chi connectivity index (χ1v) is 10.2. The first-order valence-electron chi connectivity index (χ1n) is 9.39. The number of thiophene rings is 1. The van der Waals surface area contributed by atoms with Gasteiger partial charge in [0.1, 0.15) is 16.3 Å². The number of para-hydroxylation sites is 1. The number of anilines is 1. The fraction of sp³-hybridized carbons (Fsp3) is 0.333. The Balaban J connectivity index is 1.88. The second kappa shape index (κ2) is 8.57. The summed E-state index contributed by atoms with van der Waals surface area (Å²) in [6.45, 7) is 7.07. The largest absolute Gasteiger partial charge is 0.459 e. The van der Waals surface area contributed by atoms with E-state index in [1.165, 1.54) is 10.9 Å². The lowest BCUT2D eigenvalue weighted by molar-refractivity contribution is -0.116. The van der Waals surface area contributed by atoms with E-state index >= 15 is 0 Å². The summed E-state index contributed by atoms with van der Waals surface area (Å²) in [5.74, 6) is -0.790. The van der Waals surface area contributed by atoms with E-state index in [9.17, 15) is 14.4 Å². The number of hydrogen-bond donors (Lipinski definition) is 1. The molecule has 0 saturated carbocycles. The molecule has 1 N–H and O–H groups in total. The van der Waals surface area contributed by atoms with Crippen molar-refractivity contribution < 1.29 is 14.3 Å². The number of aromatic nitrogens is 2. The van der Waals surface area contributed by atoms with E-state index in [-0.39, 0.29) is 24.1 Å². The molecule has 2 aromatic heterocycles. The third-order valence-electron chi connectivity index (χ3n) is 4.43. The first kappa shape index (κ1) is 20.7. The molecule has 1 amide bonds. The summed E-state index contributed by atoms with van der Waals surface area (Å²) in [5.41, 5.74) is 1.92. The zero-order valence-corrected chi connectivity index (χ0v) is 17.6. The van der Waals surface area contributed by atoms with Gasteiger partial charge in [0.05, 0.1) is 17.8 Å². The number of rotatable bonds is 6. The van der Waals surface area contributed by atoms with Crippen LogP contribution in [-0.2, 0) is 22.5 Å². The topological polar surface area (TPSA) is 90.3 Å². The molecule has 0 aliphatic rings. The van der Waals surface area contributed by atoms with Gasteiger partial charge in [0.25, 0.3) is 5.56 Å². The summed E-state index contributed by atoms with van der Waals surface area (Å²) in [7, 11) is 0. The molecule has 1 aromatic carbocycles. The van der Waals surface area contributed by atoms with E-state index < -0.39 is 5.97 Å². The molecule has 0 fully saturated rings. The van der Waals surface area contributed by atoms with Gasteiger partial charge in [-0.25, -0.2) is 9.78 Å². The van der Waals surface area contributed by atoms with Crippen molar-refractivity contribution >= 4 is 39.1 Å². The van der Waals surface area contributed by atoms with Crippen LogP contribution in [0.2, 0.25) is 0 Å². The zero-order valence-electron chi connectivity index (χ0n) is 16.8. The fourth-order valence-corrected chi connectivity index (χ4v) is 4.05. The highest BCUT2D eigenvalue weighted by atomic mass is 32.1. The average molecular weight is 413 g/mol. The molecule has 152 valence electrons. The van der Waals surface area contributed by atoms with Crippen molar-refractivity contribution in [2.45, 2.75) is 46.8 Å². The van der Waals surface area contributed by atoms with E-state index in [4.69, 9.17) is 4.74 Å². The molecule has 0 aliphatic carbocycles. The number of esters is 1. The number of nitrogens with zero attached hydrogens (tertiary/aromatic N) is 2. The third kappa shape index (κ3) is 4.37. The van der Waals surface area contributed by atoms with Gasteiger partial charge in [-0.1, -0.05) is 25.1 Å². The molecule has 0 radical (unpaired) electrons. The summed E-state index contributed by atoms with van der Waals surface area (Å²) >= 11 is 1.12. The van der Waals surface area contributed by atoms with Crippen molar-refractivity contribution in [2.24, 2.45) is 0 Å². The van der Waals surface area contributed by atoms with Crippen molar-refractivity contribution in [1.29, 1.82) is 0 Å². The number of ether oxygens (including phenoxy) is 1. The van der Waals surface area contributed by atoms with Crippen LogP contribution in [0.3, 0.4) is 0 Å². The average Bonchev–Trinajstić information content (AvgIpc) is 3.01. The maximum atomic E-state index is 12.9. The van der Waals surface area contributed by atoms with Crippen LogP contribution < -0.4 is 10.9 Å². The SMILES string of the molecule is CCc1ccccc1NC(=O)Cn1cnc2sc(C(=O)OC(C)C)c(C)c2c1=O. The van der Waals surface area contributed by atoms with Gasteiger partial charge in [-0.2, -0.15) is 0 Å². The van der Waals surface area contributed by atoms with Crippen molar-refractivity contribution in [2.75, 3.05) is 5.32 Å². The van der Waals surface area contributed by atoms with E-state index in [1.54, 1.807) is 20.8 Å². The van der Waals surface area contributed by atoms with Crippen LogP contribution in [0.1, 0.15) is 41.6 Å². The first-order chi connectivity index (χ1) is 13.8. The van der Waals surface area contributed by atoms with Gasteiger partial charge in [0, 0.05) is 5.69 Å². The number of hydrogen-bond acceptors (Lipinski definition) is 6. The Morgan fingerprint density at radius 3 is 2.69 bits per heavy atom. The molecular formula is C21H23N3O4S. The molecule has 2 heterocycles. The van der Waals surface area contributed by atoms with Gasteiger partial charge in [0.15, 0.2) is 0 Å². The van der Waals surface area contributed by atoms with Gasteiger partial charge >= 0.3 is 5.97 Å². The Morgan fingerprint density at radius 2 is 2.00 bits per heavy atom. The summed E-state index contributed by atoms with van der Waals surface area (Å²) < 4.78 is 6.49. The molecule has 8 heteroatoms. The van der Waals surface area contributed by atoms with Gasteiger partial charge in [0.2, 0.25) is 5.91 Å². The molecule has 0 saturated heterocycles. The minimum absolute atomic E-state index is 0.166. The number of amides is 1. The van der Waals surface area contributed by atoms with Crippen LogP contribution in [0.5, 0.6) is 0 Å². The molecule has 29 heavy (non-hydrogen) atoms. The van der Waals surface area contributed by atoms with Crippen molar-refractivity contribution in [3.05, 3.63) is 57.0 Å². The molecule has 3 rings (SSSR count). The molecule has 3 aromatic rings. The van der Waals surface area contributed by atoms with Crippen molar-refractivity contribution in [1.82, 2.24) is 9.55 Å². The highest BCUT2D eigenvalue weighted by molar-refractivity contribution is 7.20. The van der Waals surface area contributed by atoms with Gasteiger partial charge in [-0.15, -0.1) is 11.3 Å². The minimum atomic E-state index is -0.472. The number of benzene rings is 1. The van der Waals surface area contributed by atoms with Gasteiger partial charge in [-0.05, 0) is 44.4 Å². The molecule has 0 unspecified atom stereocenters. The van der Waals surface area contributed by atoms with Crippen LogP contribution in [0.25, 0.3) is 10.2 Å². The number of aryl methyl sites for hydroxylation is 2. The highest BCUT2D eigenvalue weighted by Crippen LogP contribution is 2.27. The number of nitrogens with one attached hydrogen (secondary N) is 1. The second-order valence-corrected chi connectivity index (χ2v) is 7.93. The maximum Gasteiger partial charge on any atom is 0.348 e. The van der Waals surface area contributed by atoms with Gasteiger partial charge < -0.3 is 10.1 Å². The Hall–Kier alpha value is -3.00. The standard InChI is InChI=1S/C21H23N3O4S/c1-5-14-8-6-7-9-15(14)23-16(25)10-24-11-22-19-17(20(24)26)13(4)18(29-19)21(27)28-12(2)3/h6-9,11-12H,5,10H2,1-4H3,(H,23,25). The molecule has 0 spiro atoms. The highest BCUT2D eigenvalue weighted by Gasteiger charge is 2.21. The number of carbonyl (C=O) groups excluding carboxylic acids is 2. The minimum Gasteiger partial charge on any atom is -0.459 e. The predicted molar refractivity (Wildman–Crippen MR) is 114 cm³/mol. The second-order valence-electron chi connectivity index (χ2n) is 6.93. The predicted octanol–water partition coefficient (Wildman–Crippen LogP) is 3.53. The monoisotopic (exact) mass is 413 g/mol. The lowest BCUT2D eigenvalue weighted by Crippen LogP contribution is -2.28. The van der Waals surface area contributed by atoms with Crippen molar-refractivity contribution in [3.8, 4) is 0 Å². The van der Waals surface area contributed by atoms with Crippen LogP contribution in [0.15, 0.2) is 35.4 Å². The van der Waals surface area contributed by atoms with E-state index in [2.05, 4.69) is 10.3 Å². The summed E-state index contributed by atoms with van der Waals surface area (Å²) in [5, 5.41) is 3.19. The number of fused-ring (bicyclic) bond motifs is 1.